The number of carbonyl (C=O) groups is 1. The number of likely N-dealkylation sites (N-methyl/N-ethyl adjacent to an activating group) is 1. The number of rotatable bonds is 6. The van der Waals surface area contributed by atoms with Crippen LogP contribution in [0.1, 0.15) is 44.6 Å². The van der Waals surface area contributed by atoms with Crippen molar-refractivity contribution in [2.45, 2.75) is 57.7 Å². The molecule has 1 aromatic rings. The minimum atomic E-state index is -0.0379. The Labute approximate surface area is 133 Å². The van der Waals surface area contributed by atoms with Gasteiger partial charge in [0.2, 0.25) is 0 Å². The summed E-state index contributed by atoms with van der Waals surface area (Å²) in [7, 11) is 3.75. The van der Waals surface area contributed by atoms with Gasteiger partial charge in [0.15, 0.2) is 6.04 Å². The lowest BCUT2D eigenvalue weighted by molar-refractivity contribution is -0.908. The van der Waals surface area contributed by atoms with Gasteiger partial charge in [0, 0.05) is 11.6 Å². The van der Waals surface area contributed by atoms with Crippen molar-refractivity contribution < 1.29 is 14.4 Å². The summed E-state index contributed by atoms with van der Waals surface area (Å²) in [6.45, 7) is 2.85. The molecule has 0 aliphatic heterocycles. The van der Waals surface area contributed by atoms with Gasteiger partial charge in [-0.15, -0.1) is 0 Å². The van der Waals surface area contributed by atoms with E-state index in [9.17, 15) is 4.79 Å². The van der Waals surface area contributed by atoms with Crippen LogP contribution in [0.3, 0.4) is 0 Å². The second-order valence-corrected chi connectivity index (χ2v) is 6.44. The molecular weight excluding hydrogens is 276 g/mol. The van der Waals surface area contributed by atoms with Gasteiger partial charge in [0.25, 0.3) is 5.91 Å². The van der Waals surface area contributed by atoms with Gasteiger partial charge in [-0.05, 0) is 44.0 Å². The highest BCUT2D eigenvalue weighted by atomic mass is 16.5. The summed E-state index contributed by atoms with van der Waals surface area (Å²) >= 11 is 0. The number of benzene rings is 1. The lowest BCUT2D eigenvalue weighted by atomic mass is 9.95. The first-order valence-corrected chi connectivity index (χ1v) is 8.35. The lowest BCUT2D eigenvalue weighted by Gasteiger charge is -2.26. The molecule has 0 saturated heterocycles. The molecule has 22 heavy (non-hydrogen) atoms. The Morgan fingerprint density at radius 2 is 1.91 bits per heavy atom. The van der Waals surface area contributed by atoms with Gasteiger partial charge in [0.05, 0.1) is 14.2 Å². The molecule has 0 radical (unpaired) electrons. The fourth-order valence-corrected chi connectivity index (χ4v) is 3.02. The number of hydrogen-bond donors (Lipinski definition) is 2. The molecule has 1 fully saturated rings. The summed E-state index contributed by atoms with van der Waals surface area (Å²) in [6.07, 6.45) is 6.07. The standard InChI is InChI=1S/C18H28N2O2/c1-14(18(21)19-16-7-5-4-6-8-16)20(2)13-15-9-11-17(22-3)12-10-15/h9-12,14,16H,4-8,13H2,1-3H3,(H,19,21)/p+1/t14-/m0/s1. The van der Waals surface area contributed by atoms with Gasteiger partial charge < -0.3 is 15.0 Å². The molecular formula is C18H29N2O2+. The Hall–Kier alpha value is -1.55. The van der Waals surface area contributed by atoms with Crippen molar-refractivity contribution in [2.75, 3.05) is 14.2 Å². The van der Waals surface area contributed by atoms with Crippen LogP contribution in [0.5, 0.6) is 5.75 Å². The molecule has 4 nitrogen and oxygen atoms in total. The van der Waals surface area contributed by atoms with E-state index in [0.29, 0.717) is 6.04 Å². The molecule has 1 unspecified atom stereocenters. The number of carbonyl (C=O) groups excluding carboxylic acids is 1. The maximum atomic E-state index is 12.4. The fourth-order valence-electron chi connectivity index (χ4n) is 3.02. The van der Waals surface area contributed by atoms with Crippen LogP contribution in [-0.2, 0) is 11.3 Å². The highest BCUT2D eigenvalue weighted by Crippen LogP contribution is 2.17. The van der Waals surface area contributed by atoms with Crippen LogP contribution >= 0.6 is 0 Å². The van der Waals surface area contributed by atoms with Crippen molar-refractivity contribution in [3.8, 4) is 5.75 Å². The van der Waals surface area contributed by atoms with Crippen LogP contribution < -0.4 is 15.0 Å². The van der Waals surface area contributed by atoms with E-state index < -0.39 is 0 Å². The normalized spacial score (nSPS) is 18.5. The zero-order valence-electron chi connectivity index (χ0n) is 14.0. The average molecular weight is 305 g/mol. The first-order chi connectivity index (χ1) is 10.6. The molecule has 2 rings (SSSR count). The summed E-state index contributed by atoms with van der Waals surface area (Å²) in [5, 5.41) is 3.22. The van der Waals surface area contributed by atoms with Crippen LogP contribution in [0.15, 0.2) is 24.3 Å². The van der Waals surface area contributed by atoms with E-state index in [2.05, 4.69) is 24.5 Å². The smallest absolute Gasteiger partial charge is 0.278 e. The second kappa shape index (κ2) is 8.18. The first-order valence-electron chi connectivity index (χ1n) is 8.35. The van der Waals surface area contributed by atoms with E-state index in [1.165, 1.54) is 29.7 Å². The quantitative estimate of drug-likeness (QED) is 0.837. The van der Waals surface area contributed by atoms with Crippen molar-refractivity contribution in [2.24, 2.45) is 0 Å². The predicted molar refractivity (Wildman–Crippen MR) is 88.1 cm³/mol. The third-order valence-corrected chi connectivity index (χ3v) is 4.73. The molecule has 0 heterocycles. The SMILES string of the molecule is COc1ccc(C[NH+](C)[C@@H](C)C(=O)NC2CCCCC2)cc1. The lowest BCUT2D eigenvalue weighted by Crippen LogP contribution is -3.12. The van der Waals surface area contributed by atoms with Crippen molar-refractivity contribution in [3.63, 3.8) is 0 Å². The number of ether oxygens (including phenoxy) is 1. The number of nitrogens with one attached hydrogen (secondary N) is 2. The van der Waals surface area contributed by atoms with Crippen molar-refractivity contribution in [3.05, 3.63) is 29.8 Å². The maximum absolute atomic E-state index is 12.4. The number of quaternary nitrogens is 1. The monoisotopic (exact) mass is 305 g/mol. The van der Waals surface area contributed by atoms with Crippen LogP contribution in [0, 0.1) is 0 Å². The molecule has 2 atom stereocenters. The molecule has 1 amide bonds. The van der Waals surface area contributed by atoms with Crippen molar-refractivity contribution >= 4 is 5.91 Å². The highest BCUT2D eigenvalue weighted by molar-refractivity contribution is 5.80. The number of hydrogen-bond acceptors (Lipinski definition) is 2. The van der Waals surface area contributed by atoms with Crippen LogP contribution in [0.2, 0.25) is 0 Å². The van der Waals surface area contributed by atoms with Crippen molar-refractivity contribution in [1.29, 1.82) is 0 Å². The van der Waals surface area contributed by atoms with Crippen LogP contribution in [-0.4, -0.2) is 32.1 Å². The van der Waals surface area contributed by atoms with Crippen molar-refractivity contribution in [1.82, 2.24) is 5.32 Å². The molecule has 1 aliphatic rings. The zero-order valence-corrected chi connectivity index (χ0v) is 14.0. The zero-order chi connectivity index (χ0) is 15.9. The molecule has 4 heteroatoms. The first kappa shape index (κ1) is 16.8. The number of methoxy groups -OCH3 is 1. The molecule has 122 valence electrons. The molecule has 1 aromatic carbocycles. The van der Waals surface area contributed by atoms with Gasteiger partial charge in [-0.1, -0.05) is 19.3 Å². The average Bonchev–Trinajstić information content (AvgIpc) is 2.55. The van der Waals surface area contributed by atoms with Crippen LogP contribution in [0.4, 0.5) is 0 Å². The summed E-state index contributed by atoms with van der Waals surface area (Å²) in [5.74, 6) is 1.04. The Bertz CT molecular complexity index is 466. The summed E-state index contributed by atoms with van der Waals surface area (Å²) in [5.41, 5.74) is 1.22. The molecule has 0 aromatic heterocycles. The van der Waals surface area contributed by atoms with Crippen LogP contribution in [0.25, 0.3) is 0 Å². The fraction of sp³-hybridized carbons (Fsp3) is 0.611. The van der Waals surface area contributed by atoms with Gasteiger partial charge in [-0.3, -0.25) is 4.79 Å². The van der Waals surface area contributed by atoms with E-state index >= 15 is 0 Å². The Kier molecular flexibility index (Phi) is 6.25. The second-order valence-electron chi connectivity index (χ2n) is 6.44. The maximum Gasteiger partial charge on any atom is 0.278 e. The number of amides is 1. The van der Waals surface area contributed by atoms with E-state index in [4.69, 9.17) is 4.74 Å². The van der Waals surface area contributed by atoms with E-state index in [0.717, 1.165) is 25.1 Å². The summed E-state index contributed by atoms with van der Waals surface area (Å²) in [6, 6.07) is 8.41. The van der Waals surface area contributed by atoms with Gasteiger partial charge in [-0.2, -0.15) is 0 Å². The third-order valence-electron chi connectivity index (χ3n) is 4.73. The van der Waals surface area contributed by atoms with E-state index in [1.807, 2.05) is 19.1 Å². The molecule has 0 spiro atoms. The molecule has 0 bridgehead atoms. The van der Waals surface area contributed by atoms with Gasteiger partial charge >= 0.3 is 0 Å². The summed E-state index contributed by atoms with van der Waals surface area (Å²) < 4.78 is 5.17. The Morgan fingerprint density at radius 1 is 1.27 bits per heavy atom. The Balaban J connectivity index is 1.84. The third kappa shape index (κ3) is 4.73. The molecule has 2 N–H and O–H groups in total. The minimum Gasteiger partial charge on any atom is -0.497 e. The summed E-state index contributed by atoms with van der Waals surface area (Å²) in [4.78, 5) is 13.6. The highest BCUT2D eigenvalue weighted by Gasteiger charge is 2.25. The van der Waals surface area contributed by atoms with Gasteiger partial charge in [-0.25, -0.2) is 0 Å². The predicted octanol–water partition coefficient (Wildman–Crippen LogP) is 1.55. The Morgan fingerprint density at radius 3 is 2.50 bits per heavy atom. The van der Waals surface area contributed by atoms with E-state index in [1.54, 1.807) is 7.11 Å². The minimum absolute atomic E-state index is 0.0379. The van der Waals surface area contributed by atoms with E-state index in [-0.39, 0.29) is 11.9 Å². The largest absolute Gasteiger partial charge is 0.497 e. The molecule has 1 saturated carbocycles. The topological polar surface area (TPSA) is 42.8 Å². The van der Waals surface area contributed by atoms with Gasteiger partial charge in [0.1, 0.15) is 12.3 Å². The molecule has 1 aliphatic carbocycles.